The Kier molecular flexibility index (Phi) is 6.56. The summed E-state index contributed by atoms with van der Waals surface area (Å²) in [6.07, 6.45) is 0.577. The summed E-state index contributed by atoms with van der Waals surface area (Å²) in [7, 11) is -3.60. The Morgan fingerprint density at radius 1 is 1.34 bits per heavy atom. The van der Waals surface area contributed by atoms with Gasteiger partial charge in [-0.2, -0.15) is 9.57 Å². The van der Waals surface area contributed by atoms with Gasteiger partial charge in [-0.05, 0) is 44.2 Å². The summed E-state index contributed by atoms with van der Waals surface area (Å²) < 4.78 is 40.9. The zero-order valence-corrected chi connectivity index (χ0v) is 17.3. The lowest BCUT2D eigenvalue weighted by atomic mass is 9.92. The highest BCUT2D eigenvalue weighted by atomic mass is 32.2. The third-order valence-corrected chi connectivity index (χ3v) is 7.61. The van der Waals surface area contributed by atoms with E-state index in [4.69, 9.17) is 11.0 Å². The number of piperidine rings is 1. The van der Waals surface area contributed by atoms with Crippen molar-refractivity contribution in [2.45, 2.75) is 55.8 Å². The lowest BCUT2D eigenvalue weighted by Gasteiger charge is -2.33. The maximum atomic E-state index is 13.6. The Labute approximate surface area is 171 Å². The van der Waals surface area contributed by atoms with Crippen LogP contribution in [0, 0.1) is 24.2 Å². The smallest absolute Gasteiger partial charge is 0.243 e. The second kappa shape index (κ2) is 8.78. The number of likely N-dealkylation sites (tertiary alicyclic amines) is 1. The van der Waals surface area contributed by atoms with Crippen molar-refractivity contribution in [3.63, 3.8) is 0 Å². The van der Waals surface area contributed by atoms with Crippen molar-refractivity contribution < 1.29 is 17.6 Å². The van der Waals surface area contributed by atoms with Crippen LogP contribution in [0.25, 0.3) is 0 Å². The summed E-state index contributed by atoms with van der Waals surface area (Å²) in [5.74, 6) is -0.498. The number of carbonyl (C=O) groups is 1. The second-order valence-electron chi connectivity index (χ2n) is 8.00. The van der Waals surface area contributed by atoms with Gasteiger partial charge in [0.05, 0.1) is 23.6 Å². The van der Waals surface area contributed by atoms with E-state index in [0.717, 1.165) is 12.0 Å². The van der Waals surface area contributed by atoms with Crippen molar-refractivity contribution in [1.82, 2.24) is 9.21 Å². The fourth-order valence-electron chi connectivity index (χ4n) is 4.12. The summed E-state index contributed by atoms with van der Waals surface area (Å²) in [5.41, 5.74) is 7.07. The average molecular weight is 423 g/mol. The van der Waals surface area contributed by atoms with E-state index in [1.807, 2.05) is 13.0 Å². The van der Waals surface area contributed by atoms with Crippen molar-refractivity contribution in [3.05, 3.63) is 29.8 Å². The fraction of sp³-hybridized carbons (Fsp3) is 0.600. The molecule has 2 saturated heterocycles. The number of alkyl halides is 1. The zero-order chi connectivity index (χ0) is 21.2. The molecule has 2 aliphatic rings. The molecule has 2 fully saturated rings. The lowest BCUT2D eigenvalue weighted by molar-refractivity contribution is -0.133. The summed E-state index contributed by atoms with van der Waals surface area (Å²) in [6.45, 7) is 2.52. The number of sulfonamides is 1. The van der Waals surface area contributed by atoms with E-state index < -0.39 is 34.2 Å². The molecular formula is C20H27FN4O3S. The Morgan fingerprint density at radius 2 is 2.03 bits per heavy atom. The van der Waals surface area contributed by atoms with E-state index in [-0.39, 0.29) is 23.8 Å². The van der Waals surface area contributed by atoms with Crippen molar-refractivity contribution in [2.75, 3.05) is 19.6 Å². The highest BCUT2D eigenvalue weighted by molar-refractivity contribution is 7.89. The molecule has 0 bridgehead atoms. The van der Waals surface area contributed by atoms with Gasteiger partial charge in [0, 0.05) is 19.5 Å². The van der Waals surface area contributed by atoms with E-state index in [1.165, 1.54) is 9.21 Å². The first-order chi connectivity index (χ1) is 13.7. The monoisotopic (exact) mass is 422 g/mol. The van der Waals surface area contributed by atoms with Gasteiger partial charge < -0.3 is 10.6 Å². The Morgan fingerprint density at radius 3 is 2.69 bits per heavy atom. The molecule has 7 nitrogen and oxygen atoms in total. The van der Waals surface area contributed by atoms with Crippen LogP contribution < -0.4 is 5.73 Å². The number of hydrogen-bond acceptors (Lipinski definition) is 5. The van der Waals surface area contributed by atoms with Gasteiger partial charge in [-0.15, -0.1) is 0 Å². The van der Waals surface area contributed by atoms with E-state index in [0.29, 0.717) is 25.9 Å². The van der Waals surface area contributed by atoms with Crippen LogP contribution in [0.3, 0.4) is 0 Å². The highest BCUT2D eigenvalue weighted by Gasteiger charge is 2.38. The number of hydrogen-bond donors (Lipinski definition) is 1. The number of nitrogens with two attached hydrogens (primary N) is 1. The van der Waals surface area contributed by atoms with Crippen LogP contribution >= 0.6 is 0 Å². The molecule has 3 rings (SSSR count). The van der Waals surface area contributed by atoms with Crippen molar-refractivity contribution in [2.24, 2.45) is 11.7 Å². The number of halogens is 1. The molecule has 9 heteroatoms. The van der Waals surface area contributed by atoms with Gasteiger partial charge in [0.15, 0.2) is 0 Å². The third-order valence-electron chi connectivity index (χ3n) is 5.73. The molecule has 1 aromatic rings. The molecule has 0 aromatic heterocycles. The first-order valence-electron chi connectivity index (χ1n) is 9.89. The van der Waals surface area contributed by atoms with Crippen LogP contribution in [0.5, 0.6) is 0 Å². The number of aryl methyl sites for hydroxylation is 1. The molecule has 2 N–H and O–H groups in total. The van der Waals surface area contributed by atoms with E-state index in [1.54, 1.807) is 24.3 Å². The van der Waals surface area contributed by atoms with E-state index in [2.05, 4.69) is 0 Å². The summed E-state index contributed by atoms with van der Waals surface area (Å²) in [4.78, 5) is 14.1. The van der Waals surface area contributed by atoms with Crippen LogP contribution in [-0.2, 0) is 14.8 Å². The molecule has 2 aliphatic heterocycles. The van der Waals surface area contributed by atoms with Crippen molar-refractivity contribution in [3.8, 4) is 6.07 Å². The molecule has 1 aromatic carbocycles. The maximum Gasteiger partial charge on any atom is 0.243 e. The molecule has 29 heavy (non-hydrogen) atoms. The van der Waals surface area contributed by atoms with Crippen molar-refractivity contribution >= 4 is 15.9 Å². The molecule has 4 atom stereocenters. The van der Waals surface area contributed by atoms with Crippen LogP contribution in [0.15, 0.2) is 29.2 Å². The maximum absolute atomic E-state index is 13.6. The molecular weight excluding hydrogens is 395 g/mol. The van der Waals surface area contributed by atoms with Gasteiger partial charge in [-0.3, -0.25) is 4.79 Å². The lowest BCUT2D eigenvalue weighted by Crippen LogP contribution is -2.48. The van der Waals surface area contributed by atoms with E-state index >= 15 is 0 Å². The van der Waals surface area contributed by atoms with Crippen LogP contribution in [0.1, 0.15) is 31.2 Å². The Bertz CT molecular complexity index is 884. The van der Waals surface area contributed by atoms with Crippen LogP contribution in [0.4, 0.5) is 4.39 Å². The van der Waals surface area contributed by atoms with Crippen LogP contribution in [-0.4, -0.2) is 61.4 Å². The zero-order valence-electron chi connectivity index (χ0n) is 16.5. The van der Waals surface area contributed by atoms with Gasteiger partial charge in [-0.25, -0.2) is 12.8 Å². The summed E-state index contributed by atoms with van der Waals surface area (Å²) in [6, 6.07) is 7.04. The molecule has 0 saturated carbocycles. The number of nitrogens with zero attached hydrogens (tertiary/aromatic N) is 3. The minimum Gasteiger partial charge on any atom is -0.322 e. The predicted molar refractivity (Wildman–Crippen MR) is 106 cm³/mol. The van der Waals surface area contributed by atoms with Gasteiger partial charge >= 0.3 is 0 Å². The summed E-state index contributed by atoms with van der Waals surface area (Å²) in [5, 5.41) is 9.13. The SMILES string of the molecule is Cc1ccc(S(=O)(=O)N2CCCC(C[C@H](N)C(=O)N3C[C@@H](F)C[C@H]3C#N)C2)cc1. The standard InChI is InChI=1S/C20H27FN4O3S/c1-14-4-6-18(7-5-14)29(27,28)24-8-2-3-15(12-24)9-19(23)20(26)25-13-16(21)10-17(25)11-22/h4-7,15-17,19H,2-3,8-10,12-13,23H2,1H3/t15?,16-,17-,19-/m0/s1. The Hall–Kier alpha value is -2.02. The quantitative estimate of drug-likeness (QED) is 0.775. The topological polar surface area (TPSA) is 108 Å². The predicted octanol–water partition coefficient (Wildman–Crippen LogP) is 1.58. The van der Waals surface area contributed by atoms with Gasteiger partial charge in [0.1, 0.15) is 12.2 Å². The molecule has 2 heterocycles. The first-order valence-corrected chi connectivity index (χ1v) is 11.3. The number of nitriles is 1. The molecule has 0 aliphatic carbocycles. The van der Waals surface area contributed by atoms with Gasteiger partial charge in [0.25, 0.3) is 0 Å². The fourth-order valence-corrected chi connectivity index (χ4v) is 5.68. The summed E-state index contributed by atoms with van der Waals surface area (Å²) >= 11 is 0. The van der Waals surface area contributed by atoms with Gasteiger partial charge in [0.2, 0.25) is 15.9 Å². The minimum atomic E-state index is -3.60. The molecule has 158 valence electrons. The average Bonchev–Trinajstić information content (AvgIpc) is 3.08. The van der Waals surface area contributed by atoms with E-state index in [9.17, 15) is 17.6 Å². The van der Waals surface area contributed by atoms with Gasteiger partial charge in [-0.1, -0.05) is 17.7 Å². The van der Waals surface area contributed by atoms with Crippen LogP contribution in [0.2, 0.25) is 0 Å². The molecule has 1 unspecified atom stereocenters. The highest BCUT2D eigenvalue weighted by Crippen LogP contribution is 2.27. The number of amides is 1. The Balaban J connectivity index is 1.64. The molecule has 0 radical (unpaired) electrons. The normalized spacial score (nSPS) is 26.8. The number of benzene rings is 1. The largest absolute Gasteiger partial charge is 0.322 e. The molecule has 0 spiro atoms. The number of carbonyl (C=O) groups excluding carboxylic acids is 1. The minimum absolute atomic E-state index is 0.0148. The second-order valence-corrected chi connectivity index (χ2v) is 9.93. The molecule has 1 amide bonds. The van der Waals surface area contributed by atoms with Crippen molar-refractivity contribution in [1.29, 1.82) is 5.26 Å². The number of rotatable bonds is 5. The third kappa shape index (κ3) is 4.77. The first kappa shape index (κ1) is 21.7.